The van der Waals surface area contributed by atoms with E-state index in [0.29, 0.717) is 13.0 Å². The lowest BCUT2D eigenvalue weighted by Crippen LogP contribution is -2.19. The Balaban J connectivity index is 2.39. The van der Waals surface area contributed by atoms with Gasteiger partial charge in [-0.1, -0.05) is 18.5 Å². The van der Waals surface area contributed by atoms with Crippen LogP contribution in [0.5, 0.6) is 5.75 Å². The summed E-state index contributed by atoms with van der Waals surface area (Å²) in [4.78, 5) is 30.5. The topological polar surface area (TPSA) is 141 Å². The van der Waals surface area contributed by atoms with Crippen LogP contribution in [-0.4, -0.2) is 41.6 Å². The number of nitro benzene ring substituents is 1. The highest BCUT2D eigenvalue weighted by Gasteiger charge is 2.24. The van der Waals surface area contributed by atoms with E-state index >= 15 is 0 Å². The average molecular weight is 429 g/mol. The Morgan fingerprint density at radius 2 is 2.07 bits per heavy atom. The number of benzene rings is 1. The monoisotopic (exact) mass is 428 g/mol. The van der Waals surface area contributed by atoms with Gasteiger partial charge >= 0.3 is 0 Å². The fourth-order valence-corrected chi connectivity index (χ4v) is 3.57. The third-order valence-electron chi connectivity index (χ3n) is 3.41. The van der Waals surface area contributed by atoms with Gasteiger partial charge in [-0.3, -0.25) is 14.9 Å². The summed E-state index contributed by atoms with van der Waals surface area (Å²) < 4.78 is 29.4. The van der Waals surface area contributed by atoms with E-state index in [2.05, 4.69) is 15.3 Å². The van der Waals surface area contributed by atoms with Crippen LogP contribution in [0.1, 0.15) is 30.8 Å². The molecule has 0 aliphatic heterocycles. The summed E-state index contributed by atoms with van der Waals surface area (Å²) >= 11 is 5.92. The first-order valence-corrected chi connectivity index (χ1v) is 10.2. The second-order valence-electron chi connectivity index (χ2n) is 5.49. The van der Waals surface area contributed by atoms with Crippen LogP contribution < -0.4 is 10.1 Å². The van der Waals surface area contributed by atoms with Gasteiger partial charge in [-0.25, -0.2) is 18.4 Å². The molecule has 0 aliphatic rings. The fourth-order valence-electron chi connectivity index (χ4n) is 2.23. The number of rotatable bonds is 8. The van der Waals surface area contributed by atoms with Crippen molar-refractivity contribution in [3.63, 3.8) is 0 Å². The van der Waals surface area contributed by atoms with Crippen LogP contribution in [0.15, 0.2) is 29.6 Å². The molecule has 0 unspecified atom stereocenters. The van der Waals surface area contributed by atoms with E-state index in [1.54, 1.807) is 13.8 Å². The molecule has 12 heteroatoms. The lowest BCUT2D eigenvalue weighted by molar-refractivity contribution is -0.384. The highest BCUT2D eigenvalue weighted by atomic mass is 35.5. The van der Waals surface area contributed by atoms with Crippen molar-refractivity contribution in [1.29, 1.82) is 0 Å². The Kier molecular flexibility index (Phi) is 6.86. The molecular formula is C16H17ClN4O6S. The summed E-state index contributed by atoms with van der Waals surface area (Å²) in [6.07, 6.45) is 1.34. The van der Waals surface area contributed by atoms with Gasteiger partial charge < -0.3 is 10.1 Å². The molecule has 0 aliphatic carbocycles. The molecule has 0 saturated carbocycles. The summed E-state index contributed by atoms with van der Waals surface area (Å²) in [6.45, 7) is 3.71. The summed E-state index contributed by atoms with van der Waals surface area (Å²) in [5.41, 5.74) is -0.927. The maximum atomic E-state index is 12.5. The second-order valence-corrected chi connectivity index (χ2v) is 7.90. The minimum atomic E-state index is -3.78. The highest BCUT2D eigenvalue weighted by Crippen LogP contribution is 2.30. The lowest BCUT2D eigenvalue weighted by atomic mass is 10.2. The van der Waals surface area contributed by atoms with E-state index in [1.807, 2.05) is 0 Å². The highest BCUT2D eigenvalue weighted by molar-refractivity contribution is 7.91. The van der Waals surface area contributed by atoms with Gasteiger partial charge in [-0.15, -0.1) is 0 Å². The third kappa shape index (κ3) is 4.93. The average Bonchev–Trinajstić information content (AvgIpc) is 2.63. The smallest absolute Gasteiger partial charge is 0.296 e. The quantitative estimate of drug-likeness (QED) is 0.384. The fraction of sp³-hybridized carbons (Fsp3) is 0.312. The van der Waals surface area contributed by atoms with Crippen molar-refractivity contribution in [2.24, 2.45) is 0 Å². The van der Waals surface area contributed by atoms with Crippen molar-refractivity contribution < 1.29 is 22.9 Å². The number of sulfone groups is 1. The summed E-state index contributed by atoms with van der Waals surface area (Å²) in [5.74, 6) is -0.840. The standard InChI is InChI=1S/C16H17ClN4O6S/c1-3-7-28(25,26)16-18-9-11(17)14(20-16)15(22)19-12-6-5-10(27-4-2)8-13(12)21(23)24/h5-6,8-9H,3-4,7H2,1-2H3,(H,19,22). The molecule has 28 heavy (non-hydrogen) atoms. The van der Waals surface area contributed by atoms with Crippen LogP contribution >= 0.6 is 11.6 Å². The molecule has 1 N–H and O–H groups in total. The van der Waals surface area contributed by atoms with Crippen LogP contribution in [0.3, 0.4) is 0 Å². The normalized spacial score (nSPS) is 11.1. The van der Waals surface area contributed by atoms with Gasteiger partial charge in [0, 0.05) is 0 Å². The molecule has 1 aromatic heterocycles. The Morgan fingerprint density at radius 1 is 1.36 bits per heavy atom. The molecule has 1 heterocycles. The molecule has 0 spiro atoms. The summed E-state index contributed by atoms with van der Waals surface area (Å²) in [6, 6.07) is 3.91. The van der Waals surface area contributed by atoms with E-state index < -0.39 is 37.2 Å². The summed E-state index contributed by atoms with van der Waals surface area (Å²) in [5, 5.41) is 12.9. The van der Waals surface area contributed by atoms with E-state index in [0.717, 1.165) is 12.3 Å². The largest absolute Gasteiger partial charge is 0.494 e. The van der Waals surface area contributed by atoms with Crippen molar-refractivity contribution in [1.82, 2.24) is 9.97 Å². The van der Waals surface area contributed by atoms with Gasteiger partial charge in [0.15, 0.2) is 5.69 Å². The maximum absolute atomic E-state index is 12.5. The molecule has 0 saturated heterocycles. The zero-order chi connectivity index (χ0) is 20.9. The number of anilines is 1. The van der Waals surface area contributed by atoms with Gasteiger partial charge in [0.05, 0.1) is 34.6 Å². The Hall–Kier alpha value is -2.79. The number of hydrogen-bond donors (Lipinski definition) is 1. The molecule has 150 valence electrons. The lowest BCUT2D eigenvalue weighted by Gasteiger charge is -2.09. The SMILES string of the molecule is CCCS(=O)(=O)c1ncc(Cl)c(C(=O)Nc2ccc(OCC)cc2[N+](=O)[O-])n1. The molecule has 1 amide bonds. The third-order valence-corrected chi connectivity index (χ3v) is 5.39. The van der Waals surface area contributed by atoms with Crippen LogP contribution in [0, 0.1) is 10.1 Å². The Labute approximate surface area is 166 Å². The molecule has 2 rings (SSSR count). The van der Waals surface area contributed by atoms with E-state index in [4.69, 9.17) is 16.3 Å². The number of carbonyl (C=O) groups is 1. The number of nitrogens with one attached hydrogen (secondary N) is 1. The number of nitrogens with zero attached hydrogens (tertiary/aromatic N) is 3. The van der Waals surface area contributed by atoms with Gasteiger partial charge in [0.25, 0.3) is 11.6 Å². The van der Waals surface area contributed by atoms with E-state index in [-0.39, 0.29) is 22.2 Å². The maximum Gasteiger partial charge on any atom is 0.296 e. The second kappa shape index (κ2) is 8.93. The zero-order valence-corrected chi connectivity index (χ0v) is 16.6. The van der Waals surface area contributed by atoms with E-state index in [9.17, 15) is 23.3 Å². The van der Waals surface area contributed by atoms with Crippen LogP contribution in [-0.2, 0) is 9.84 Å². The van der Waals surface area contributed by atoms with Crippen molar-refractivity contribution >= 4 is 38.7 Å². The molecular weight excluding hydrogens is 412 g/mol. The number of ether oxygens (including phenoxy) is 1. The predicted molar refractivity (Wildman–Crippen MR) is 102 cm³/mol. The van der Waals surface area contributed by atoms with Crippen LogP contribution in [0.25, 0.3) is 0 Å². The molecule has 1 aromatic carbocycles. The molecule has 2 aromatic rings. The number of halogens is 1. The zero-order valence-electron chi connectivity index (χ0n) is 15.0. The van der Waals surface area contributed by atoms with Gasteiger partial charge in [-0.05, 0) is 25.5 Å². The predicted octanol–water partition coefficient (Wildman–Crippen LogP) is 2.87. The summed E-state index contributed by atoms with van der Waals surface area (Å²) in [7, 11) is -3.78. The number of hydrogen-bond acceptors (Lipinski definition) is 8. The van der Waals surface area contributed by atoms with Gasteiger partial charge in [0.2, 0.25) is 15.0 Å². The van der Waals surface area contributed by atoms with Gasteiger partial charge in [0.1, 0.15) is 11.4 Å². The van der Waals surface area contributed by atoms with Crippen molar-refractivity contribution in [2.45, 2.75) is 25.4 Å². The van der Waals surface area contributed by atoms with Crippen LogP contribution in [0.4, 0.5) is 11.4 Å². The van der Waals surface area contributed by atoms with Crippen molar-refractivity contribution in [3.8, 4) is 5.75 Å². The van der Waals surface area contributed by atoms with Gasteiger partial charge in [-0.2, -0.15) is 0 Å². The molecule has 10 nitrogen and oxygen atoms in total. The number of carbonyl (C=O) groups excluding carboxylic acids is 1. The Morgan fingerprint density at radius 3 is 2.68 bits per heavy atom. The number of aromatic nitrogens is 2. The number of amides is 1. The van der Waals surface area contributed by atoms with Crippen molar-refractivity contribution in [2.75, 3.05) is 17.7 Å². The first-order chi connectivity index (χ1) is 13.2. The van der Waals surface area contributed by atoms with E-state index in [1.165, 1.54) is 12.1 Å². The Bertz CT molecular complexity index is 1010. The number of nitro groups is 1. The minimum absolute atomic E-state index is 0.119. The first-order valence-electron chi connectivity index (χ1n) is 8.17. The van der Waals surface area contributed by atoms with Crippen molar-refractivity contribution in [3.05, 3.63) is 45.2 Å². The molecule has 0 bridgehead atoms. The molecule has 0 atom stereocenters. The molecule has 0 radical (unpaired) electrons. The van der Waals surface area contributed by atoms with Crippen LogP contribution in [0.2, 0.25) is 5.02 Å². The first kappa shape index (κ1) is 21.5. The molecule has 0 fully saturated rings. The minimum Gasteiger partial charge on any atom is -0.494 e.